The van der Waals surface area contributed by atoms with E-state index in [-0.39, 0.29) is 0 Å². The second-order valence-corrected chi connectivity index (χ2v) is 7.16. The molecular weight excluding hydrogens is 394 g/mol. The van der Waals surface area contributed by atoms with Crippen molar-refractivity contribution in [3.05, 3.63) is 97.3 Å². The van der Waals surface area contributed by atoms with Gasteiger partial charge in [-0.3, -0.25) is 9.97 Å². The summed E-state index contributed by atoms with van der Waals surface area (Å²) in [5.41, 5.74) is 6.65. The van der Waals surface area contributed by atoms with Crippen molar-refractivity contribution in [2.45, 2.75) is 0 Å². The highest BCUT2D eigenvalue weighted by Crippen LogP contribution is 2.34. The minimum absolute atomic E-state index is 0.946. The Morgan fingerprint density at radius 2 is 0.933 bits per heavy atom. The molecule has 0 aliphatic rings. The second kappa shape index (κ2) is 8.82. The average Bonchev–Trinajstić information content (AvgIpc) is 2.79. The molecule has 6 heteroatoms. The van der Waals surface area contributed by atoms with Gasteiger partial charge in [0.05, 0.1) is 11.0 Å². The summed E-state index contributed by atoms with van der Waals surface area (Å²) in [6.45, 7) is 0. The van der Waals surface area contributed by atoms with E-state index >= 15 is 0 Å². The lowest BCUT2D eigenvalue weighted by atomic mass is 9.97. The first-order valence-corrected chi connectivity index (χ1v) is 10.6. The Morgan fingerprint density at radius 1 is 0.567 bits per heavy atom. The molecule has 3 aromatic carbocycles. The molecule has 0 atom stereocenters. The molecule has 2 aromatic heterocycles. The summed E-state index contributed by atoms with van der Waals surface area (Å²) >= 11 is 0. The predicted molar refractivity (Wildman–Crippen MR) is 122 cm³/mol. The number of hydrogen-bond donors (Lipinski definition) is 2. The van der Waals surface area contributed by atoms with E-state index in [4.69, 9.17) is 8.42 Å². The first kappa shape index (κ1) is 19.7. The standard InChI is InChI=1S/C24H16N2.H3NO2S/c1-3-7-17(8-4-1)19-13-15-25-23-21(19)11-12-22-20(14-16-26-24(22)23)18-9-5-2-6-10-18;1-4(2)3/h1-16H;4H,(H2,1,2,3). The van der Waals surface area contributed by atoms with Gasteiger partial charge in [-0.15, -0.1) is 0 Å². The van der Waals surface area contributed by atoms with Gasteiger partial charge in [-0.1, -0.05) is 72.8 Å². The van der Waals surface area contributed by atoms with Crippen molar-refractivity contribution in [2.75, 3.05) is 0 Å². The molecule has 0 bridgehead atoms. The molecule has 0 aliphatic carbocycles. The summed E-state index contributed by atoms with van der Waals surface area (Å²) in [5, 5.41) is 6.32. The van der Waals surface area contributed by atoms with Gasteiger partial charge in [0.15, 0.2) is 10.9 Å². The maximum Gasteiger partial charge on any atom is 0.198 e. The Hall–Kier alpha value is -3.61. The van der Waals surface area contributed by atoms with Crippen LogP contribution in [0.3, 0.4) is 0 Å². The molecule has 0 saturated carbocycles. The lowest BCUT2D eigenvalue weighted by molar-refractivity contribution is 0.616. The molecule has 0 unspecified atom stereocenters. The molecular formula is C24H19N3O2S. The molecule has 5 nitrogen and oxygen atoms in total. The van der Waals surface area contributed by atoms with Crippen LogP contribution in [0.2, 0.25) is 0 Å². The zero-order chi connectivity index (χ0) is 20.9. The van der Waals surface area contributed by atoms with Crippen LogP contribution in [0.5, 0.6) is 0 Å². The third-order valence-electron chi connectivity index (χ3n) is 4.79. The number of thiol groups is 1. The van der Waals surface area contributed by atoms with Gasteiger partial charge in [0, 0.05) is 23.2 Å². The number of nitrogens with zero attached hydrogens (tertiary/aromatic N) is 2. The van der Waals surface area contributed by atoms with Gasteiger partial charge in [0.2, 0.25) is 0 Å². The summed E-state index contributed by atoms with van der Waals surface area (Å²) in [6.07, 6.45) is 3.75. The summed E-state index contributed by atoms with van der Waals surface area (Å²) in [7, 11) is -2.62. The van der Waals surface area contributed by atoms with E-state index in [1.54, 1.807) is 0 Å². The van der Waals surface area contributed by atoms with Gasteiger partial charge in [0.25, 0.3) is 0 Å². The number of hydrogen-bond acceptors (Lipinski definition) is 4. The van der Waals surface area contributed by atoms with Crippen LogP contribution in [0.25, 0.3) is 44.1 Å². The maximum absolute atomic E-state index is 8.81. The molecule has 2 heterocycles. The summed E-state index contributed by atoms with van der Waals surface area (Å²) in [6, 6.07) is 29.3. The van der Waals surface area contributed by atoms with Crippen LogP contribution in [0.1, 0.15) is 0 Å². The highest BCUT2D eigenvalue weighted by atomic mass is 32.2. The first-order valence-electron chi connectivity index (χ1n) is 9.31. The van der Waals surface area contributed by atoms with Gasteiger partial charge in [-0.25, -0.2) is 13.6 Å². The highest BCUT2D eigenvalue weighted by Gasteiger charge is 2.11. The minimum Gasteiger partial charge on any atom is -0.254 e. The molecule has 30 heavy (non-hydrogen) atoms. The molecule has 0 saturated heterocycles. The molecule has 0 fully saturated rings. The van der Waals surface area contributed by atoms with Gasteiger partial charge >= 0.3 is 0 Å². The maximum atomic E-state index is 8.81. The Morgan fingerprint density at radius 3 is 1.30 bits per heavy atom. The van der Waals surface area contributed by atoms with E-state index in [9.17, 15) is 0 Å². The topological polar surface area (TPSA) is 85.9 Å². The average molecular weight is 414 g/mol. The fraction of sp³-hybridized carbons (Fsp3) is 0. The summed E-state index contributed by atoms with van der Waals surface area (Å²) in [5.74, 6) is 0. The van der Waals surface area contributed by atoms with Crippen LogP contribution in [-0.4, -0.2) is 18.4 Å². The fourth-order valence-electron chi connectivity index (χ4n) is 3.57. The molecule has 148 valence electrons. The van der Waals surface area contributed by atoms with E-state index in [2.05, 4.69) is 87.9 Å². The fourth-order valence-corrected chi connectivity index (χ4v) is 3.57. The number of aromatic nitrogens is 2. The van der Waals surface area contributed by atoms with E-state index in [1.807, 2.05) is 24.5 Å². The SMILES string of the molecule is N[SH](=O)=O.c1ccc(-c2ccnc3c2ccc2c(-c4ccccc4)ccnc23)cc1. The predicted octanol–water partition coefficient (Wildman–Crippen LogP) is 4.59. The van der Waals surface area contributed by atoms with Crippen molar-refractivity contribution in [2.24, 2.45) is 5.14 Å². The summed E-state index contributed by atoms with van der Waals surface area (Å²) in [4.78, 5) is 9.34. The van der Waals surface area contributed by atoms with Crippen molar-refractivity contribution in [3.63, 3.8) is 0 Å². The van der Waals surface area contributed by atoms with E-state index in [1.165, 1.54) is 22.3 Å². The molecule has 2 N–H and O–H groups in total. The molecule has 0 radical (unpaired) electrons. The second-order valence-electron chi connectivity index (χ2n) is 6.59. The van der Waals surface area contributed by atoms with Crippen molar-refractivity contribution < 1.29 is 8.42 Å². The Kier molecular flexibility index (Phi) is 5.79. The third-order valence-corrected chi connectivity index (χ3v) is 4.79. The van der Waals surface area contributed by atoms with Crippen LogP contribution in [-0.2, 0) is 10.9 Å². The smallest absolute Gasteiger partial charge is 0.198 e. The van der Waals surface area contributed by atoms with Crippen LogP contribution in [0.4, 0.5) is 0 Å². The minimum atomic E-state index is -2.62. The van der Waals surface area contributed by atoms with E-state index in [0.717, 1.165) is 21.8 Å². The molecule has 0 aliphatic heterocycles. The van der Waals surface area contributed by atoms with Crippen molar-refractivity contribution in [1.29, 1.82) is 0 Å². The molecule has 0 amide bonds. The number of pyridine rings is 2. The number of rotatable bonds is 2. The Bertz CT molecular complexity index is 1280. The van der Waals surface area contributed by atoms with Crippen molar-refractivity contribution in [3.8, 4) is 22.3 Å². The molecule has 5 rings (SSSR count). The lowest BCUT2D eigenvalue weighted by Crippen LogP contribution is -1.90. The monoisotopic (exact) mass is 413 g/mol. The zero-order valence-electron chi connectivity index (χ0n) is 16.0. The molecule has 5 aromatic rings. The van der Waals surface area contributed by atoms with Crippen LogP contribution in [0, 0.1) is 0 Å². The van der Waals surface area contributed by atoms with Gasteiger partial charge in [-0.05, 0) is 34.4 Å². The van der Waals surface area contributed by atoms with Crippen LogP contribution >= 0.6 is 0 Å². The normalized spacial score (nSPS) is 10.7. The van der Waals surface area contributed by atoms with Gasteiger partial charge in [-0.2, -0.15) is 0 Å². The zero-order valence-corrected chi connectivity index (χ0v) is 16.9. The van der Waals surface area contributed by atoms with Gasteiger partial charge in [0.1, 0.15) is 0 Å². The number of fused-ring (bicyclic) bond motifs is 3. The van der Waals surface area contributed by atoms with Crippen LogP contribution < -0.4 is 5.14 Å². The number of benzene rings is 3. The molecule has 0 spiro atoms. The number of nitrogens with two attached hydrogens (primary N) is 1. The van der Waals surface area contributed by atoms with E-state index in [0.29, 0.717) is 0 Å². The summed E-state index contributed by atoms with van der Waals surface area (Å²) < 4.78 is 17.6. The largest absolute Gasteiger partial charge is 0.254 e. The van der Waals surface area contributed by atoms with Crippen molar-refractivity contribution >= 4 is 32.7 Å². The lowest BCUT2D eigenvalue weighted by Gasteiger charge is -2.11. The van der Waals surface area contributed by atoms with Gasteiger partial charge < -0.3 is 0 Å². The Balaban J connectivity index is 0.000000503. The quantitative estimate of drug-likeness (QED) is 0.327. The highest BCUT2D eigenvalue weighted by molar-refractivity contribution is 7.69. The third kappa shape index (κ3) is 4.05. The van der Waals surface area contributed by atoms with Crippen molar-refractivity contribution in [1.82, 2.24) is 9.97 Å². The Labute approximate surface area is 175 Å². The van der Waals surface area contributed by atoms with E-state index < -0.39 is 10.9 Å². The first-order chi connectivity index (χ1) is 14.6. The van der Waals surface area contributed by atoms with Crippen LogP contribution in [0.15, 0.2) is 97.3 Å².